The van der Waals surface area contributed by atoms with Crippen molar-refractivity contribution in [3.8, 4) is 16.8 Å². The zero-order valence-electron chi connectivity index (χ0n) is 19.2. The maximum absolute atomic E-state index is 13.9. The highest BCUT2D eigenvalue weighted by Crippen LogP contribution is 2.44. The maximum atomic E-state index is 13.9. The van der Waals surface area contributed by atoms with E-state index in [1.165, 1.54) is 12.1 Å². The lowest BCUT2D eigenvalue weighted by Crippen LogP contribution is -2.17. The van der Waals surface area contributed by atoms with Gasteiger partial charge in [0, 0.05) is 65.7 Å². The second-order valence-electron chi connectivity index (χ2n) is 9.15. The van der Waals surface area contributed by atoms with Crippen LogP contribution in [0.5, 0.6) is 0 Å². The molecule has 35 heavy (non-hydrogen) atoms. The van der Waals surface area contributed by atoms with E-state index < -0.39 is 9.84 Å². The first-order chi connectivity index (χ1) is 16.9. The molecule has 2 aliphatic heterocycles. The van der Waals surface area contributed by atoms with Crippen LogP contribution in [-0.4, -0.2) is 43.7 Å². The van der Waals surface area contributed by atoms with Crippen molar-refractivity contribution in [1.82, 2.24) is 9.55 Å². The molecule has 6 nitrogen and oxygen atoms in total. The minimum atomic E-state index is -3.41. The van der Waals surface area contributed by atoms with E-state index in [0.717, 1.165) is 63.6 Å². The Kier molecular flexibility index (Phi) is 5.30. The Morgan fingerprint density at radius 3 is 2.51 bits per heavy atom. The van der Waals surface area contributed by atoms with Crippen molar-refractivity contribution in [3.63, 3.8) is 0 Å². The van der Waals surface area contributed by atoms with Crippen LogP contribution in [0.1, 0.15) is 35.6 Å². The molecule has 0 saturated carbocycles. The number of ether oxygens (including phenoxy) is 1. The number of hydrogen-bond acceptors (Lipinski definition) is 5. The molecule has 0 radical (unpaired) electrons. The summed E-state index contributed by atoms with van der Waals surface area (Å²) in [7, 11) is -3.41. The van der Waals surface area contributed by atoms with E-state index in [9.17, 15) is 12.8 Å². The van der Waals surface area contributed by atoms with Crippen molar-refractivity contribution in [2.45, 2.75) is 30.3 Å². The monoisotopic (exact) mass is 489 g/mol. The van der Waals surface area contributed by atoms with Gasteiger partial charge in [-0.25, -0.2) is 17.8 Å². The number of sulfone groups is 1. The predicted octanol–water partition coefficient (Wildman–Crippen LogP) is 5.06. The average molecular weight is 490 g/mol. The molecule has 2 aromatic carbocycles. The molecule has 178 valence electrons. The molecule has 4 aromatic rings. The van der Waals surface area contributed by atoms with Gasteiger partial charge in [0.1, 0.15) is 5.82 Å². The van der Waals surface area contributed by atoms with Crippen LogP contribution in [0.3, 0.4) is 0 Å². The summed E-state index contributed by atoms with van der Waals surface area (Å²) < 4.78 is 45.8. The molecule has 1 fully saturated rings. The summed E-state index contributed by atoms with van der Waals surface area (Å²) in [6.07, 6.45) is 6.42. The zero-order valence-corrected chi connectivity index (χ0v) is 20.1. The van der Waals surface area contributed by atoms with Crippen LogP contribution in [0.15, 0.2) is 64.7 Å². The Balaban J connectivity index is 1.69. The smallest absolute Gasteiger partial charge is 0.192 e. The van der Waals surface area contributed by atoms with Gasteiger partial charge < -0.3 is 9.30 Å². The van der Waals surface area contributed by atoms with E-state index in [-0.39, 0.29) is 16.8 Å². The largest absolute Gasteiger partial charge is 0.381 e. The number of pyridine rings is 1. The van der Waals surface area contributed by atoms with Crippen LogP contribution in [0.25, 0.3) is 27.7 Å². The molecule has 0 atom stereocenters. The molecule has 2 aliphatic rings. The van der Waals surface area contributed by atoms with Gasteiger partial charge in [0.2, 0.25) is 0 Å². The third kappa shape index (κ3) is 3.86. The summed E-state index contributed by atoms with van der Waals surface area (Å²) in [6.45, 7) is 1.97. The molecule has 1 saturated heterocycles. The van der Waals surface area contributed by atoms with E-state index in [1.54, 1.807) is 24.4 Å². The molecule has 0 amide bonds. The fourth-order valence-electron chi connectivity index (χ4n) is 5.19. The number of hydrogen-bond donors (Lipinski definition) is 0. The SMILES string of the molecule is CS(=O)(=O)c1ccc(-c2c(C3CCOCC3)n(-c3ccc(F)cc3)c3cc4c(cc23)CN=C4)cn1. The van der Waals surface area contributed by atoms with Gasteiger partial charge in [-0.2, -0.15) is 0 Å². The molecule has 4 heterocycles. The van der Waals surface area contributed by atoms with Gasteiger partial charge >= 0.3 is 0 Å². The van der Waals surface area contributed by atoms with Crippen LogP contribution < -0.4 is 0 Å². The first kappa shape index (κ1) is 22.1. The highest BCUT2D eigenvalue weighted by Gasteiger charge is 2.29. The lowest BCUT2D eigenvalue weighted by atomic mass is 9.90. The van der Waals surface area contributed by atoms with E-state index >= 15 is 0 Å². The van der Waals surface area contributed by atoms with Crippen LogP contribution in [0.2, 0.25) is 0 Å². The second-order valence-corrected chi connectivity index (χ2v) is 11.1. The molecular formula is C27H24FN3O3S. The molecule has 6 rings (SSSR count). The van der Waals surface area contributed by atoms with E-state index in [2.05, 4.69) is 26.7 Å². The number of rotatable bonds is 4. The summed E-state index contributed by atoms with van der Waals surface area (Å²) >= 11 is 0. The number of fused-ring (bicyclic) bond motifs is 2. The Morgan fingerprint density at radius 1 is 1.06 bits per heavy atom. The molecule has 0 N–H and O–H groups in total. The minimum absolute atomic E-state index is 0.0467. The number of halogens is 1. The lowest BCUT2D eigenvalue weighted by Gasteiger charge is -2.25. The third-order valence-corrected chi connectivity index (χ3v) is 7.86. The average Bonchev–Trinajstić information content (AvgIpc) is 3.45. The maximum Gasteiger partial charge on any atom is 0.192 e. The number of nitrogens with zero attached hydrogens (tertiary/aromatic N) is 3. The Labute approximate surface area is 203 Å². The van der Waals surface area contributed by atoms with Crippen LogP contribution >= 0.6 is 0 Å². The number of aromatic nitrogens is 2. The predicted molar refractivity (Wildman–Crippen MR) is 134 cm³/mol. The minimum Gasteiger partial charge on any atom is -0.381 e. The molecular weight excluding hydrogens is 465 g/mol. The fraction of sp³-hybridized carbons (Fsp3) is 0.259. The van der Waals surface area contributed by atoms with E-state index in [4.69, 9.17) is 4.74 Å². The first-order valence-corrected chi connectivity index (χ1v) is 13.5. The van der Waals surface area contributed by atoms with Gasteiger partial charge in [-0.3, -0.25) is 4.99 Å². The van der Waals surface area contributed by atoms with Crippen molar-refractivity contribution < 1.29 is 17.5 Å². The highest BCUT2D eigenvalue weighted by atomic mass is 32.2. The molecule has 2 aromatic heterocycles. The Morgan fingerprint density at radius 2 is 1.83 bits per heavy atom. The summed E-state index contributed by atoms with van der Waals surface area (Å²) in [5.74, 6) is -0.0686. The van der Waals surface area contributed by atoms with Crippen LogP contribution in [0, 0.1) is 5.82 Å². The van der Waals surface area contributed by atoms with Crippen molar-refractivity contribution in [2.24, 2.45) is 4.99 Å². The zero-order chi connectivity index (χ0) is 24.2. The lowest BCUT2D eigenvalue weighted by molar-refractivity contribution is 0.0843. The van der Waals surface area contributed by atoms with Crippen LogP contribution in [-0.2, 0) is 21.1 Å². The van der Waals surface area contributed by atoms with E-state index in [0.29, 0.717) is 19.8 Å². The summed E-state index contributed by atoms with van der Waals surface area (Å²) in [4.78, 5) is 8.73. The standard InChI is InChI=1S/C27H24FN3O3S/c1-35(32,33)25-7-2-18(16-30-25)26-23-12-19-14-29-15-20(19)13-24(23)31(22-5-3-21(28)4-6-22)27(26)17-8-10-34-11-9-17/h2-7,12-13,15-17H,8-11,14H2,1H3. The molecule has 8 heteroatoms. The quantitative estimate of drug-likeness (QED) is 0.402. The number of benzene rings is 2. The Bertz CT molecular complexity index is 1570. The van der Waals surface area contributed by atoms with Crippen molar-refractivity contribution in [2.75, 3.05) is 19.5 Å². The van der Waals surface area contributed by atoms with Crippen molar-refractivity contribution >= 4 is 27.0 Å². The third-order valence-electron chi connectivity index (χ3n) is 6.85. The van der Waals surface area contributed by atoms with E-state index in [1.807, 2.05) is 12.3 Å². The topological polar surface area (TPSA) is 73.6 Å². The Hall–Kier alpha value is -3.36. The first-order valence-electron chi connectivity index (χ1n) is 11.6. The van der Waals surface area contributed by atoms with Crippen molar-refractivity contribution in [1.29, 1.82) is 0 Å². The summed E-state index contributed by atoms with van der Waals surface area (Å²) in [5, 5.41) is 1.10. The molecule has 0 spiro atoms. The summed E-state index contributed by atoms with van der Waals surface area (Å²) in [6, 6.07) is 14.3. The highest BCUT2D eigenvalue weighted by molar-refractivity contribution is 7.90. The molecule has 0 bridgehead atoms. The van der Waals surface area contributed by atoms with Gasteiger partial charge in [0.05, 0.1) is 12.1 Å². The normalized spacial score (nSPS) is 16.2. The van der Waals surface area contributed by atoms with Gasteiger partial charge in [-0.1, -0.05) is 0 Å². The second kappa shape index (κ2) is 8.39. The fourth-order valence-corrected chi connectivity index (χ4v) is 5.75. The summed E-state index contributed by atoms with van der Waals surface area (Å²) in [5.41, 5.74) is 7.10. The molecule has 0 aliphatic carbocycles. The number of aliphatic imine (C=N–C) groups is 1. The van der Waals surface area contributed by atoms with Gasteiger partial charge in [0.25, 0.3) is 0 Å². The van der Waals surface area contributed by atoms with Crippen LogP contribution in [0.4, 0.5) is 4.39 Å². The van der Waals surface area contributed by atoms with Gasteiger partial charge in [-0.05, 0) is 72.5 Å². The molecule has 0 unspecified atom stereocenters. The van der Waals surface area contributed by atoms with Gasteiger partial charge in [0.15, 0.2) is 14.9 Å². The van der Waals surface area contributed by atoms with Crippen molar-refractivity contribution in [3.05, 3.63) is 77.4 Å². The van der Waals surface area contributed by atoms with Gasteiger partial charge in [-0.15, -0.1) is 0 Å².